The molecule has 0 radical (unpaired) electrons. The van der Waals surface area contributed by atoms with E-state index < -0.39 is 23.4 Å². The first-order chi connectivity index (χ1) is 10.8. The first-order valence-electron chi connectivity index (χ1n) is 7.90. The van der Waals surface area contributed by atoms with Crippen molar-refractivity contribution in [1.82, 2.24) is 5.32 Å². The SMILES string of the molecule is C=CC(/C=C(/C)CCNC(=O)OC(C)(C)C)=NC(=O)OC(C)(C)C. The Kier molecular flexibility index (Phi) is 8.44. The zero-order valence-corrected chi connectivity index (χ0v) is 15.9. The Labute approximate surface area is 145 Å². The minimum atomic E-state index is -0.659. The number of ether oxygens (including phenoxy) is 2. The molecule has 0 rings (SSSR count). The number of hydrogen-bond acceptors (Lipinski definition) is 4. The summed E-state index contributed by atoms with van der Waals surface area (Å²) in [6.07, 6.45) is 2.69. The average Bonchev–Trinajstić information content (AvgIpc) is 2.33. The number of amides is 2. The van der Waals surface area contributed by atoms with Gasteiger partial charge in [0.15, 0.2) is 0 Å². The maximum Gasteiger partial charge on any atom is 0.434 e. The van der Waals surface area contributed by atoms with E-state index in [0.717, 1.165) is 5.57 Å². The summed E-state index contributed by atoms with van der Waals surface area (Å²) in [6, 6.07) is 0. The summed E-state index contributed by atoms with van der Waals surface area (Å²) in [4.78, 5) is 27.1. The molecular weight excluding hydrogens is 308 g/mol. The van der Waals surface area contributed by atoms with Gasteiger partial charge in [0.1, 0.15) is 11.2 Å². The van der Waals surface area contributed by atoms with Gasteiger partial charge in [-0.05, 0) is 67.0 Å². The van der Waals surface area contributed by atoms with Crippen molar-refractivity contribution in [2.75, 3.05) is 6.54 Å². The number of carbonyl (C=O) groups is 2. The van der Waals surface area contributed by atoms with E-state index in [-0.39, 0.29) is 0 Å². The first-order valence-corrected chi connectivity index (χ1v) is 7.90. The van der Waals surface area contributed by atoms with E-state index in [4.69, 9.17) is 9.47 Å². The molecule has 1 N–H and O–H groups in total. The summed E-state index contributed by atoms with van der Waals surface area (Å²) in [7, 11) is 0. The Morgan fingerprint density at radius 2 is 1.62 bits per heavy atom. The highest BCUT2D eigenvalue weighted by molar-refractivity contribution is 6.08. The number of nitrogens with one attached hydrogen (secondary N) is 1. The Morgan fingerprint density at radius 1 is 1.08 bits per heavy atom. The van der Waals surface area contributed by atoms with Crippen molar-refractivity contribution in [3.63, 3.8) is 0 Å². The third-order valence-corrected chi connectivity index (χ3v) is 2.40. The molecule has 0 aliphatic rings. The molecule has 136 valence electrons. The highest BCUT2D eigenvalue weighted by Crippen LogP contribution is 2.09. The molecular formula is C18H30N2O4. The maximum absolute atomic E-state index is 11.7. The van der Waals surface area contributed by atoms with Crippen LogP contribution in [0.2, 0.25) is 0 Å². The predicted octanol–water partition coefficient (Wildman–Crippen LogP) is 4.41. The minimum absolute atomic E-state index is 0.416. The summed E-state index contributed by atoms with van der Waals surface area (Å²) >= 11 is 0. The van der Waals surface area contributed by atoms with Gasteiger partial charge in [-0.3, -0.25) is 0 Å². The van der Waals surface area contributed by atoms with E-state index >= 15 is 0 Å². The Bertz CT molecular complexity index is 520. The van der Waals surface area contributed by atoms with Gasteiger partial charge in [-0.15, -0.1) is 0 Å². The lowest BCUT2D eigenvalue weighted by Crippen LogP contribution is -2.33. The molecule has 0 saturated heterocycles. The summed E-state index contributed by atoms with van der Waals surface area (Å²) in [5.74, 6) is 0. The molecule has 0 aromatic rings. The van der Waals surface area contributed by atoms with Gasteiger partial charge < -0.3 is 14.8 Å². The van der Waals surface area contributed by atoms with E-state index in [1.54, 1.807) is 47.6 Å². The molecule has 0 unspecified atom stereocenters. The quantitative estimate of drug-likeness (QED) is 0.753. The van der Waals surface area contributed by atoms with Gasteiger partial charge in [-0.2, -0.15) is 4.99 Å². The molecule has 0 fully saturated rings. The summed E-state index contributed by atoms with van der Waals surface area (Å²) in [5, 5.41) is 2.67. The van der Waals surface area contributed by atoms with Crippen LogP contribution in [0.15, 0.2) is 29.3 Å². The van der Waals surface area contributed by atoms with E-state index in [2.05, 4.69) is 16.9 Å². The predicted molar refractivity (Wildman–Crippen MR) is 96.5 cm³/mol. The molecule has 0 aliphatic heterocycles. The van der Waals surface area contributed by atoms with E-state index in [1.807, 2.05) is 6.92 Å². The molecule has 0 heterocycles. The van der Waals surface area contributed by atoms with Crippen LogP contribution in [-0.4, -0.2) is 35.6 Å². The van der Waals surface area contributed by atoms with Crippen LogP contribution in [0, 0.1) is 0 Å². The van der Waals surface area contributed by atoms with Crippen molar-refractivity contribution in [2.24, 2.45) is 4.99 Å². The lowest BCUT2D eigenvalue weighted by molar-refractivity contribution is 0.0527. The molecule has 0 saturated carbocycles. The monoisotopic (exact) mass is 338 g/mol. The number of rotatable bonds is 5. The number of carbonyl (C=O) groups excluding carboxylic acids is 2. The molecule has 0 aliphatic carbocycles. The van der Waals surface area contributed by atoms with Crippen LogP contribution >= 0.6 is 0 Å². The number of allylic oxidation sites excluding steroid dienone is 2. The molecule has 24 heavy (non-hydrogen) atoms. The van der Waals surface area contributed by atoms with Gasteiger partial charge in [-0.1, -0.05) is 12.2 Å². The van der Waals surface area contributed by atoms with Gasteiger partial charge in [0.2, 0.25) is 0 Å². The molecule has 6 nitrogen and oxygen atoms in total. The van der Waals surface area contributed by atoms with Gasteiger partial charge in [0, 0.05) is 6.54 Å². The third kappa shape index (κ3) is 12.4. The summed E-state index contributed by atoms with van der Waals surface area (Å²) in [5.41, 5.74) is 0.237. The van der Waals surface area contributed by atoms with Crippen molar-refractivity contribution in [1.29, 1.82) is 0 Å². The van der Waals surface area contributed by atoms with Crippen LogP contribution < -0.4 is 5.32 Å². The van der Waals surface area contributed by atoms with Crippen molar-refractivity contribution >= 4 is 17.9 Å². The van der Waals surface area contributed by atoms with Crippen LogP contribution in [0.5, 0.6) is 0 Å². The lowest BCUT2D eigenvalue weighted by Gasteiger charge is -2.19. The highest BCUT2D eigenvalue weighted by atomic mass is 16.6. The molecule has 2 amide bonds. The first kappa shape index (κ1) is 21.9. The van der Waals surface area contributed by atoms with Crippen molar-refractivity contribution in [3.8, 4) is 0 Å². The third-order valence-electron chi connectivity index (χ3n) is 2.40. The molecule has 0 aromatic carbocycles. The van der Waals surface area contributed by atoms with Crippen LogP contribution in [0.4, 0.5) is 9.59 Å². The Hall–Kier alpha value is -2.11. The number of nitrogens with zero attached hydrogens (tertiary/aromatic N) is 1. The fraction of sp³-hybridized carbons (Fsp3) is 0.611. The molecule has 0 aromatic heterocycles. The maximum atomic E-state index is 11.7. The van der Waals surface area contributed by atoms with Crippen molar-refractivity contribution in [2.45, 2.75) is 66.1 Å². The van der Waals surface area contributed by atoms with E-state index in [0.29, 0.717) is 18.7 Å². The number of aliphatic imine (C=N–C) groups is 1. The van der Waals surface area contributed by atoms with Gasteiger partial charge in [0.25, 0.3) is 0 Å². The van der Waals surface area contributed by atoms with Gasteiger partial charge in [-0.25, -0.2) is 9.59 Å². The molecule has 0 bridgehead atoms. The molecule has 6 heteroatoms. The average molecular weight is 338 g/mol. The van der Waals surface area contributed by atoms with Gasteiger partial charge >= 0.3 is 12.2 Å². The number of alkyl carbamates (subject to hydrolysis) is 1. The van der Waals surface area contributed by atoms with Crippen LogP contribution in [-0.2, 0) is 9.47 Å². The van der Waals surface area contributed by atoms with Gasteiger partial charge in [0.05, 0.1) is 5.71 Å². The summed E-state index contributed by atoms with van der Waals surface area (Å²) < 4.78 is 10.3. The standard InChI is InChI=1S/C18H30N2O4/c1-9-14(20-16(22)24-18(6,7)8)12-13(2)10-11-19-15(21)23-17(3,4)5/h9,12H,1,10-11H2,2-8H3,(H,19,21)/b13-12-,20-14?. The number of hydrogen-bond donors (Lipinski definition) is 1. The van der Waals surface area contributed by atoms with Crippen LogP contribution in [0.1, 0.15) is 54.9 Å². The second kappa shape index (κ2) is 9.25. The Balaban J connectivity index is 4.56. The fourth-order valence-electron chi connectivity index (χ4n) is 1.53. The lowest BCUT2D eigenvalue weighted by atomic mass is 10.1. The van der Waals surface area contributed by atoms with E-state index in [9.17, 15) is 9.59 Å². The van der Waals surface area contributed by atoms with E-state index in [1.165, 1.54) is 6.08 Å². The molecule has 0 atom stereocenters. The zero-order chi connectivity index (χ0) is 19.0. The minimum Gasteiger partial charge on any atom is -0.444 e. The van der Waals surface area contributed by atoms with Crippen LogP contribution in [0.3, 0.4) is 0 Å². The fourth-order valence-corrected chi connectivity index (χ4v) is 1.53. The summed E-state index contributed by atoms with van der Waals surface area (Å²) in [6.45, 7) is 16.7. The smallest absolute Gasteiger partial charge is 0.434 e. The zero-order valence-electron chi connectivity index (χ0n) is 15.9. The normalized spacial score (nSPS) is 13.3. The largest absolute Gasteiger partial charge is 0.444 e. The van der Waals surface area contributed by atoms with Crippen molar-refractivity contribution < 1.29 is 19.1 Å². The Morgan fingerprint density at radius 3 is 2.08 bits per heavy atom. The topological polar surface area (TPSA) is 77.0 Å². The molecule has 0 spiro atoms. The van der Waals surface area contributed by atoms with Crippen LogP contribution in [0.25, 0.3) is 0 Å². The second-order valence-corrected chi connectivity index (χ2v) is 7.39. The van der Waals surface area contributed by atoms with Crippen molar-refractivity contribution in [3.05, 3.63) is 24.3 Å². The highest BCUT2D eigenvalue weighted by Gasteiger charge is 2.16. The second-order valence-electron chi connectivity index (χ2n) is 7.39.